The number of piperidine rings is 1. The van der Waals surface area contributed by atoms with E-state index in [0.29, 0.717) is 5.82 Å². The van der Waals surface area contributed by atoms with Crippen LogP contribution in [0, 0.1) is 10.1 Å². The highest BCUT2D eigenvalue weighted by atomic mass is 16.6. The second-order valence-corrected chi connectivity index (χ2v) is 6.47. The van der Waals surface area contributed by atoms with E-state index in [0.717, 1.165) is 31.4 Å². The summed E-state index contributed by atoms with van der Waals surface area (Å²) in [6.45, 7) is 4.84. The number of nitrogens with one attached hydrogen (secondary N) is 1. The molecule has 25 heavy (non-hydrogen) atoms. The van der Waals surface area contributed by atoms with Crippen LogP contribution in [0.15, 0.2) is 36.7 Å². The van der Waals surface area contributed by atoms with Crippen molar-refractivity contribution in [3.05, 3.63) is 52.3 Å². The molecule has 1 aliphatic heterocycles. The maximum Gasteiger partial charge on any atom is 0.353 e. The van der Waals surface area contributed by atoms with Gasteiger partial charge in [-0.1, -0.05) is 30.3 Å². The smallest absolute Gasteiger partial charge is 0.353 e. The van der Waals surface area contributed by atoms with Crippen molar-refractivity contribution in [2.75, 3.05) is 16.8 Å². The van der Waals surface area contributed by atoms with Gasteiger partial charge >= 0.3 is 5.69 Å². The first-order valence-corrected chi connectivity index (χ1v) is 8.65. The number of nitrogens with zero attached hydrogens (tertiary/aromatic N) is 4. The summed E-state index contributed by atoms with van der Waals surface area (Å²) in [6.07, 6.45) is 4.59. The second kappa shape index (κ2) is 7.46. The molecule has 2 aromatic rings. The van der Waals surface area contributed by atoms with Gasteiger partial charge in [0.15, 0.2) is 0 Å². The van der Waals surface area contributed by atoms with Crippen molar-refractivity contribution >= 4 is 17.3 Å². The average Bonchev–Trinajstić information content (AvgIpc) is 2.62. The van der Waals surface area contributed by atoms with Crippen molar-refractivity contribution in [1.29, 1.82) is 0 Å². The third-order valence-electron chi connectivity index (χ3n) is 4.71. The Bertz CT molecular complexity index is 738. The number of aromatic nitrogens is 2. The van der Waals surface area contributed by atoms with Crippen LogP contribution in [0.4, 0.5) is 17.3 Å². The van der Waals surface area contributed by atoms with E-state index in [9.17, 15) is 10.1 Å². The molecule has 0 bridgehead atoms. The van der Waals surface area contributed by atoms with Gasteiger partial charge in [-0.2, -0.15) is 0 Å². The molecule has 0 saturated carbocycles. The number of benzene rings is 1. The highest BCUT2D eigenvalue weighted by molar-refractivity contribution is 5.71. The molecule has 1 aliphatic rings. The molecule has 1 fully saturated rings. The topological polar surface area (TPSA) is 84.2 Å². The molecule has 1 aromatic carbocycles. The van der Waals surface area contributed by atoms with E-state index in [2.05, 4.69) is 22.2 Å². The molecule has 1 aromatic heterocycles. The first-order chi connectivity index (χ1) is 12.1. The molecular formula is C18H23N5O2. The quantitative estimate of drug-likeness (QED) is 0.655. The standard InChI is InChI=1S/C18H23N5O2/c1-13-8-6-7-11-22(13)18-16(23(24)25)17(19-12-20-18)21-14(2)15-9-4-3-5-10-15/h3-5,9-10,12-14H,6-8,11H2,1-2H3,(H,19,20,21). The highest BCUT2D eigenvalue weighted by Crippen LogP contribution is 2.36. The van der Waals surface area contributed by atoms with Crippen molar-refractivity contribution in [2.24, 2.45) is 0 Å². The van der Waals surface area contributed by atoms with Gasteiger partial charge in [-0.3, -0.25) is 10.1 Å². The largest absolute Gasteiger partial charge is 0.358 e. The summed E-state index contributed by atoms with van der Waals surface area (Å²) in [5.41, 5.74) is 1.00. The monoisotopic (exact) mass is 341 g/mol. The van der Waals surface area contributed by atoms with Gasteiger partial charge in [-0.25, -0.2) is 9.97 Å². The number of hydrogen-bond donors (Lipinski definition) is 1. The summed E-state index contributed by atoms with van der Waals surface area (Å²) in [4.78, 5) is 21.8. The molecule has 0 radical (unpaired) electrons. The molecule has 0 spiro atoms. The Balaban J connectivity index is 1.94. The number of nitro groups is 1. The SMILES string of the molecule is CC(Nc1ncnc(N2CCCCC2C)c1[N+](=O)[O-])c1ccccc1. The Morgan fingerprint density at radius 3 is 2.72 bits per heavy atom. The maximum absolute atomic E-state index is 11.8. The molecule has 2 heterocycles. The number of rotatable bonds is 5. The lowest BCUT2D eigenvalue weighted by Crippen LogP contribution is -2.38. The average molecular weight is 341 g/mol. The molecule has 2 atom stereocenters. The molecular weight excluding hydrogens is 318 g/mol. The zero-order valence-electron chi connectivity index (χ0n) is 14.6. The summed E-state index contributed by atoms with van der Waals surface area (Å²) in [6, 6.07) is 9.95. The third-order valence-corrected chi connectivity index (χ3v) is 4.71. The van der Waals surface area contributed by atoms with Crippen LogP contribution in [0.2, 0.25) is 0 Å². The van der Waals surface area contributed by atoms with Crippen molar-refractivity contribution in [3.63, 3.8) is 0 Å². The lowest BCUT2D eigenvalue weighted by Gasteiger charge is -2.34. The summed E-state index contributed by atoms with van der Waals surface area (Å²) >= 11 is 0. The minimum absolute atomic E-state index is 0.0426. The predicted octanol–water partition coefficient (Wildman–Crippen LogP) is 3.94. The van der Waals surface area contributed by atoms with E-state index < -0.39 is 0 Å². The lowest BCUT2D eigenvalue weighted by atomic mass is 10.0. The third kappa shape index (κ3) is 3.70. The van der Waals surface area contributed by atoms with Gasteiger partial charge in [0.1, 0.15) is 6.33 Å². The van der Waals surface area contributed by atoms with E-state index >= 15 is 0 Å². The fourth-order valence-electron chi connectivity index (χ4n) is 3.30. The van der Waals surface area contributed by atoms with E-state index in [4.69, 9.17) is 0 Å². The van der Waals surface area contributed by atoms with Gasteiger partial charge in [0, 0.05) is 12.6 Å². The van der Waals surface area contributed by atoms with E-state index in [1.54, 1.807) is 0 Å². The Labute approximate surface area is 147 Å². The molecule has 2 unspecified atom stereocenters. The number of hydrogen-bond acceptors (Lipinski definition) is 6. The van der Waals surface area contributed by atoms with Crippen LogP contribution in [-0.2, 0) is 0 Å². The van der Waals surface area contributed by atoms with Crippen LogP contribution in [0.1, 0.15) is 44.7 Å². The number of anilines is 2. The van der Waals surface area contributed by atoms with Crippen LogP contribution >= 0.6 is 0 Å². The van der Waals surface area contributed by atoms with Gasteiger partial charge < -0.3 is 10.2 Å². The van der Waals surface area contributed by atoms with Gasteiger partial charge in [-0.05, 0) is 38.7 Å². The highest BCUT2D eigenvalue weighted by Gasteiger charge is 2.31. The second-order valence-electron chi connectivity index (χ2n) is 6.47. The fraction of sp³-hybridized carbons (Fsp3) is 0.444. The molecule has 7 heteroatoms. The Morgan fingerprint density at radius 1 is 1.28 bits per heavy atom. The molecule has 3 rings (SSSR count). The van der Waals surface area contributed by atoms with Crippen molar-refractivity contribution in [2.45, 2.75) is 45.2 Å². The molecule has 7 nitrogen and oxygen atoms in total. The lowest BCUT2D eigenvalue weighted by molar-refractivity contribution is -0.383. The summed E-state index contributed by atoms with van der Waals surface area (Å²) in [5.74, 6) is 0.680. The van der Waals surface area contributed by atoms with Crippen molar-refractivity contribution in [3.8, 4) is 0 Å². The van der Waals surface area contributed by atoms with Gasteiger partial charge in [-0.15, -0.1) is 0 Å². The molecule has 1 N–H and O–H groups in total. The zero-order valence-corrected chi connectivity index (χ0v) is 14.6. The van der Waals surface area contributed by atoms with Gasteiger partial charge in [0.2, 0.25) is 11.6 Å². The predicted molar refractivity (Wildman–Crippen MR) is 97.8 cm³/mol. The first-order valence-electron chi connectivity index (χ1n) is 8.65. The fourth-order valence-corrected chi connectivity index (χ4v) is 3.30. The van der Waals surface area contributed by atoms with Crippen LogP contribution < -0.4 is 10.2 Å². The first kappa shape index (κ1) is 17.1. The summed E-state index contributed by atoms with van der Waals surface area (Å²) < 4.78 is 0. The maximum atomic E-state index is 11.8. The van der Waals surface area contributed by atoms with Gasteiger partial charge in [0.05, 0.1) is 11.0 Å². The van der Waals surface area contributed by atoms with E-state index in [1.807, 2.05) is 42.2 Å². The van der Waals surface area contributed by atoms with Crippen molar-refractivity contribution < 1.29 is 4.92 Å². The van der Waals surface area contributed by atoms with E-state index in [1.165, 1.54) is 6.33 Å². The normalized spacial score (nSPS) is 18.6. The zero-order chi connectivity index (χ0) is 17.8. The molecule has 1 saturated heterocycles. The van der Waals surface area contributed by atoms with Crippen LogP contribution in [0.25, 0.3) is 0 Å². The minimum Gasteiger partial charge on any atom is -0.358 e. The van der Waals surface area contributed by atoms with E-state index in [-0.39, 0.29) is 28.5 Å². The van der Waals surface area contributed by atoms with Crippen LogP contribution in [0.3, 0.4) is 0 Å². The molecule has 132 valence electrons. The van der Waals surface area contributed by atoms with Crippen LogP contribution in [-0.4, -0.2) is 27.5 Å². The Morgan fingerprint density at radius 2 is 2.04 bits per heavy atom. The minimum atomic E-state index is -0.378. The van der Waals surface area contributed by atoms with Gasteiger partial charge in [0.25, 0.3) is 0 Å². The summed E-state index contributed by atoms with van der Waals surface area (Å²) in [5, 5.41) is 15.0. The molecule has 0 amide bonds. The Kier molecular flexibility index (Phi) is 5.11. The summed E-state index contributed by atoms with van der Waals surface area (Å²) in [7, 11) is 0. The van der Waals surface area contributed by atoms with Crippen molar-refractivity contribution in [1.82, 2.24) is 9.97 Å². The van der Waals surface area contributed by atoms with Crippen LogP contribution in [0.5, 0.6) is 0 Å². The Hall–Kier alpha value is -2.70. The molecule has 0 aliphatic carbocycles.